The van der Waals surface area contributed by atoms with Crippen LogP contribution in [0.15, 0.2) is 18.2 Å². The predicted octanol–water partition coefficient (Wildman–Crippen LogP) is 2.32. The molecule has 0 N–H and O–H groups in total. The van der Waals surface area contributed by atoms with Gasteiger partial charge in [-0.25, -0.2) is 0 Å². The van der Waals surface area contributed by atoms with Gasteiger partial charge in [0.25, 0.3) is 0 Å². The standard InChI is InChI=1S/C13H17N3O/c1-9-6-5-7-10(2)13(9)17-8-12-15-14-11(3)16(12)4/h5-7H,8H2,1-4H3. The zero-order valence-electron chi connectivity index (χ0n) is 10.7. The number of aryl methyl sites for hydroxylation is 3. The van der Waals surface area contributed by atoms with Gasteiger partial charge in [-0.15, -0.1) is 10.2 Å². The third-order valence-electron chi connectivity index (χ3n) is 2.94. The Morgan fingerprint density at radius 3 is 2.29 bits per heavy atom. The largest absolute Gasteiger partial charge is 0.485 e. The summed E-state index contributed by atoms with van der Waals surface area (Å²) in [6, 6.07) is 6.12. The molecule has 1 aromatic carbocycles. The minimum atomic E-state index is 0.447. The second-order valence-electron chi connectivity index (χ2n) is 4.23. The molecular weight excluding hydrogens is 214 g/mol. The lowest BCUT2D eigenvalue weighted by Gasteiger charge is -2.11. The van der Waals surface area contributed by atoms with Crippen LogP contribution in [0.25, 0.3) is 0 Å². The molecular formula is C13H17N3O. The molecule has 4 nitrogen and oxygen atoms in total. The van der Waals surface area contributed by atoms with Crippen LogP contribution in [0.3, 0.4) is 0 Å². The molecule has 17 heavy (non-hydrogen) atoms. The van der Waals surface area contributed by atoms with Crippen LogP contribution in [0.1, 0.15) is 22.8 Å². The number of nitrogens with zero attached hydrogens (tertiary/aromatic N) is 3. The highest BCUT2D eigenvalue weighted by atomic mass is 16.5. The second-order valence-corrected chi connectivity index (χ2v) is 4.23. The fraction of sp³-hybridized carbons (Fsp3) is 0.385. The number of para-hydroxylation sites is 1. The molecule has 0 atom stereocenters. The summed E-state index contributed by atoms with van der Waals surface area (Å²) in [4.78, 5) is 0. The molecule has 0 aliphatic carbocycles. The molecule has 2 aromatic rings. The van der Waals surface area contributed by atoms with E-state index in [1.54, 1.807) is 0 Å². The maximum Gasteiger partial charge on any atom is 0.170 e. The first-order valence-corrected chi connectivity index (χ1v) is 5.63. The molecule has 0 amide bonds. The van der Waals surface area contributed by atoms with Crippen LogP contribution in [0.2, 0.25) is 0 Å². The summed E-state index contributed by atoms with van der Waals surface area (Å²) in [5.74, 6) is 2.67. The highest BCUT2D eigenvalue weighted by Crippen LogP contribution is 2.23. The van der Waals surface area contributed by atoms with E-state index in [0.29, 0.717) is 6.61 Å². The summed E-state index contributed by atoms with van der Waals surface area (Å²) in [6.45, 7) is 6.47. The van der Waals surface area contributed by atoms with Crippen molar-refractivity contribution in [3.63, 3.8) is 0 Å². The molecule has 0 aliphatic rings. The first-order chi connectivity index (χ1) is 8.09. The van der Waals surface area contributed by atoms with Gasteiger partial charge in [0, 0.05) is 7.05 Å². The van der Waals surface area contributed by atoms with Crippen molar-refractivity contribution in [1.82, 2.24) is 14.8 Å². The molecule has 1 aromatic heterocycles. The summed E-state index contributed by atoms with van der Waals surface area (Å²) >= 11 is 0. The molecule has 0 bridgehead atoms. The van der Waals surface area contributed by atoms with Gasteiger partial charge >= 0.3 is 0 Å². The lowest BCUT2D eigenvalue weighted by molar-refractivity contribution is 0.287. The third-order valence-corrected chi connectivity index (χ3v) is 2.94. The summed E-state index contributed by atoms with van der Waals surface area (Å²) in [6.07, 6.45) is 0. The third kappa shape index (κ3) is 2.30. The molecule has 1 heterocycles. The van der Waals surface area contributed by atoms with E-state index in [1.165, 1.54) is 0 Å². The summed E-state index contributed by atoms with van der Waals surface area (Å²) in [5, 5.41) is 8.08. The van der Waals surface area contributed by atoms with Crippen LogP contribution in [-0.2, 0) is 13.7 Å². The summed E-state index contributed by atoms with van der Waals surface area (Å²) in [7, 11) is 1.94. The molecule has 0 saturated heterocycles. The molecule has 0 radical (unpaired) electrons. The molecule has 4 heteroatoms. The van der Waals surface area contributed by atoms with E-state index in [0.717, 1.165) is 28.5 Å². The van der Waals surface area contributed by atoms with Crippen molar-refractivity contribution >= 4 is 0 Å². The number of hydrogen-bond acceptors (Lipinski definition) is 3. The first-order valence-electron chi connectivity index (χ1n) is 5.63. The van der Waals surface area contributed by atoms with Crippen molar-refractivity contribution in [2.24, 2.45) is 7.05 Å². The van der Waals surface area contributed by atoms with Crippen LogP contribution in [0, 0.1) is 20.8 Å². The van der Waals surface area contributed by atoms with Crippen LogP contribution >= 0.6 is 0 Å². The second kappa shape index (κ2) is 4.57. The maximum absolute atomic E-state index is 5.82. The van der Waals surface area contributed by atoms with Crippen LogP contribution in [-0.4, -0.2) is 14.8 Å². The van der Waals surface area contributed by atoms with Gasteiger partial charge in [-0.05, 0) is 31.9 Å². The fourth-order valence-electron chi connectivity index (χ4n) is 1.74. The molecule has 90 valence electrons. The van der Waals surface area contributed by atoms with E-state index in [2.05, 4.69) is 10.2 Å². The Morgan fingerprint density at radius 1 is 1.12 bits per heavy atom. The Balaban J connectivity index is 2.15. The van der Waals surface area contributed by atoms with Gasteiger partial charge in [0.2, 0.25) is 0 Å². The predicted molar refractivity (Wildman–Crippen MR) is 66.0 cm³/mol. The smallest absolute Gasteiger partial charge is 0.170 e. The highest BCUT2D eigenvalue weighted by Gasteiger charge is 2.08. The van der Waals surface area contributed by atoms with Crippen LogP contribution in [0.4, 0.5) is 0 Å². The highest BCUT2D eigenvalue weighted by molar-refractivity contribution is 5.39. The van der Waals surface area contributed by atoms with Crippen molar-refractivity contribution in [2.75, 3.05) is 0 Å². The number of hydrogen-bond donors (Lipinski definition) is 0. The minimum absolute atomic E-state index is 0.447. The Bertz CT molecular complexity index is 511. The zero-order valence-corrected chi connectivity index (χ0v) is 10.7. The van der Waals surface area contributed by atoms with Crippen molar-refractivity contribution in [1.29, 1.82) is 0 Å². The molecule has 0 spiro atoms. The Hall–Kier alpha value is -1.84. The number of ether oxygens (including phenoxy) is 1. The fourth-order valence-corrected chi connectivity index (χ4v) is 1.74. The monoisotopic (exact) mass is 231 g/mol. The van der Waals surface area contributed by atoms with Crippen molar-refractivity contribution in [2.45, 2.75) is 27.4 Å². The minimum Gasteiger partial charge on any atom is -0.485 e. The molecule has 2 rings (SSSR count). The number of aromatic nitrogens is 3. The number of rotatable bonds is 3. The Labute approximate surface area is 101 Å². The average molecular weight is 231 g/mol. The van der Waals surface area contributed by atoms with Gasteiger partial charge in [0.05, 0.1) is 0 Å². The zero-order chi connectivity index (χ0) is 12.4. The molecule has 0 unspecified atom stereocenters. The van der Waals surface area contributed by atoms with Gasteiger partial charge < -0.3 is 9.30 Å². The van der Waals surface area contributed by atoms with Crippen LogP contribution in [0.5, 0.6) is 5.75 Å². The van der Waals surface area contributed by atoms with Crippen molar-refractivity contribution < 1.29 is 4.74 Å². The van der Waals surface area contributed by atoms with Crippen LogP contribution < -0.4 is 4.74 Å². The molecule has 0 aliphatic heterocycles. The van der Waals surface area contributed by atoms with E-state index < -0.39 is 0 Å². The SMILES string of the molecule is Cc1cccc(C)c1OCc1nnc(C)n1C. The topological polar surface area (TPSA) is 39.9 Å². The quantitative estimate of drug-likeness (QED) is 0.814. The van der Waals surface area contributed by atoms with Gasteiger partial charge in [-0.1, -0.05) is 18.2 Å². The van der Waals surface area contributed by atoms with E-state index in [1.807, 2.05) is 50.6 Å². The number of benzene rings is 1. The normalized spacial score (nSPS) is 10.6. The average Bonchev–Trinajstić information content (AvgIpc) is 2.60. The van der Waals surface area contributed by atoms with E-state index in [9.17, 15) is 0 Å². The van der Waals surface area contributed by atoms with Gasteiger partial charge in [0.15, 0.2) is 5.82 Å². The van der Waals surface area contributed by atoms with E-state index in [4.69, 9.17) is 4.74 Å². The van der Waals surface area contributed by atoms with Gasteiger partial charge in [-0.2, -0.15) is 0 Å². The lowest BCUT2D eigenvalue weighted by atomic mass is 10.1. The van der Waals surface area contributed by atoms with Gasteiger partial charge in [0.1, 0.15) is 18.2 Å². The van der Waals surface area contributed by atoms with E-state index in [-0.39, 0.29) is 0 Å². The molecule has 0 saturated carbocycles. The lowest BCUT2D eigenvalue weighted by Crippen LogP contribution is -2.05. The Kier molecular flexibility index (Phi) is 3.13. The summed E-state index contributed by atoms with van der Waals surface area (Å²) < 4.78 is 7.76. The Morgan fingerprint density at radius 2 is 1.76 bits per heavy atom. The first kappa shape index (κ1) is 11.6. The summed E-state index contributed by atoms with van der Waals surface area (Å²) in [5.41, 5.74) is 2.28. The van der Waals surface area contributed by atoms with E-state index >= 15 is 0 Å². The molecule has 0 fully saturated rings. The van der Waals surface area contributed by atoms with Crippen molar-refractivity contribution in [3.8, 4) is 5.75 Å². The van der Waals surface area contributed by atoms with Crippen molar-refractivity contribution in [3.05, 3.63) is 41.0 Å². The van der Waals surface area contributed by atoms with Gasteiger partial charge in [-0.3, -0.25) is 0 Å². The maximum atomic E-state index is 5.82.